The summed E-state index contributed by atoms with van der Waals surface area (Å²) in [7, 11) is 3.81. The number of hydrogen-bond acceptors (Lipinski definition) is 4. The van der Waals surface area contributed by atoms with E-state index in [0.717, 1.165) is 24.0 Å². The van der Waals surface area contributed by atoms with Crippen molar-refractivity contribution in [1.29, 1.82) is 0 Å². The van der Waals surface area contributed by atoms with Gasteiger partial charge in [-0.1, -0.05) is 28.2 Å². The lowest BCUT2D eigenvalue weighted by atomic mass is 10.3. The average Bonchev–Trinajstić information content (AvgIpc) is 2.44. The molecule has 6 heteroatoms. The van der Waals surface area contributed by atoms with Crippen molar-refractivity contribution in [3.63, 3.8) is 0 Å². The topological polar surface area (TPSA) is 44.9 Å². The van der Waals surface area contributed by atoms with Gasteiger partial charge in [0.1, 0.15) is 0 Å². The Kier molecular flexibility index (Phi) is 6.12. The Morgan fingerprint density at radius 1 is 1.20 bits per heavy atom. The number of anilines is 3. The van der Waals surface area contributed by atoms with Crippen molar-refractivity contribution >= 4 is 17.6 Å². The maximum absolute atomic E-state index is 4.57. The van der Waals surface area contributed by atoms with Gasteiger partial charge < -0.3 is 24.0 Å². The lowest BCUT2D eigenvalue weighted by molar-refractivity contribution is -0.669. The Morgan fingerprint density at radius 3 is 2.40 bits per heavy atom. The highest BCUT2D eigenvalue weighted by molar-refractivity contribution is 5.57. The van der Waals surface area contributed by atoms with Gasteiger partial charge in [0, 0.05) is 26.2 Å². The number of aryl methyl sites for hydroxylation is 1. The summed E-state index contributed by atoms with van der Waals surface area (Å²) in [5.41, 5.74) is 1.10. The first-order chi connectivity index (χ1) is 9.17. The molecule has 2 rings (SSSR count). The van der Waals surface area contributed by atoms with Crippen LogP contribution in [0.5, 0.6) is 0 Å². The minimum absolute atomic E-state index is 0. The van der Waals surface area contributed by atoms with E-state index >= 15 is 0 Å². The van der Waals surface area contributed by atoms with Crippen LogP contribution < -0.4 is 38.8 Å². The lowest BCUT2D eigenvalue weighted by Gasteiger charge is -2.18. The summed E-state index contributed by atoms with van der Waals surface area (Å²) in [6, 6.07) is 10.2. The monoisotopic (exact) mass is 385 g/mol. The van der Waals surface area contributed by atoms with Crippen molar-refractivity contribution in [2.24, 2.45) is 7.05 Å². The summed E-state index contributed by atoms with van der Waals surface area (Å²) in [4.78, 5) is 11.2. The molecule has 20 heavy (non-hydrogen) atoms. The molecule has 0 saturated heterocycles. The van der Waals surface area contributed by atoms with Gasteiger partial charge in [-0.3, -0.25) is 10.2 Å². The van der Waals surface area contributed by atoms with Crippen molar-refractivity contribution in [1.82, 2.24) is 9.97 Å². The molecular formula is C14H20IN5. The minimum atomic E-state index is 0. The first-order valence-electron chi connectivity index (χ1n) is 6.42. The smallest absolute Gasteiger partial charge is 0.351 e. The summed E-state index contributed by atoms with van der Waals surface area (Å²) in [6.07, 6.45) is 0. The van der Waals surface area contributed by atoms with Gasteiger partial charge in [0.15, 0.2) is 0 Å². The van der Waals surface area contributed by atoms with Crippen LogP contribution in [0.1, 0.15) is 12.7 Å². The van der Waals surface area contributed by atoms with Gasteiger partial charge in [0.2, 0.25) is 5.82 Å². The van der Waals surface area contributed by atoms with Crippen molar-refractivity contribution in [3.8, 4) is 0 Å². The van der Waals surface area contributed by atoms with Crippen molar-refractivity contribution in [2.75, 3.05) is 23.8 Å². The second-order valence-electron chi connectivity index (χ2n) is 4.28. The van der Waals surface area contributed by atoms with Crippen LogP contribution in [-0.2, 0) is 7.05 Å². The molecule has 0 fully saturated rings. The van der Waals surface area contributed by atoms with E-state index in [2.05, 4.69) is 39.2 Å². The molecule has 0 radical (unpaired) electrons. The van der Waals surface area contributed by atoms with Crippen LogP contribution in [0.3, 0.4) is 0 Å². The molecule has 0 unspecified atom stereocenters. The Hall–Kier alpha value is -1.44. The van der Waals surface area contributed by atoms with E-state index in [0.29, 0.717) is 5.95 Å². The van der Waals surface area contributed by atoms with Gasteiger partial charge in [-0.05, 0) is 19.1 Å². The number of rotatable bonds is 4. The van der Waals surface area contributed by atoms with E-state index in [4.69, 9.17) is 0 Å². The number of para-hydroxylation sites is 1. The molecule has 1 heterocycles. The van der Waals surface area contributed by atoms with Crippen molar-refractivity contribution in [2.45, 2.75) is 13.8 Å². The van der Waals surface area contributed by atoms with E-state index in [1.165, 1.54) is 0 Å². The SMILES string of the molecule is CCN(c1ccccc1)c1nc(C)[n+](C)c(NC)n1.[I-]. The Labute approximate surface area is 137 Å². The molecule has 0 bridgehead atoms. The van der Waals surface area contributed by atoms with Crippen molar-refractivity contribution < 1.29 is 28.5 Å². The first-order valence-corrected chi connectivity index (χ1v) is 6.42. The zero-order chi connectivity index (χ0) is 13.8. The third-order valence-electron chi connectivity index (χ3n) is 3.12. The Balaban J connectivity index is 0.00000200. The molecule has 1 N–H and O–H groups in total. The fraction of sp³-hybridized carbons (Fsp3) is 0.357. The third kappa shape index (κ3) is 3.36. The second kappa shape index (κ2) is 7.37. The summed E-state index contributed by atoms with van der Waals surface area (Å²) in [5.74, 6) is 2.44. The molecule has 0 atom stereocenters. The van der Waals surface area contributed by atoms with Gasteiger partial charge in [-0.2, -0.15) is 0 Å². The molecule has 1 aromatic heterocycles. The van der Waals surface area contributed by atoms with Crippen LogP contribution in [0.15, 0.2) is 30.3 Å². The minimum Gasteiger partial charge on any atom is -1.00 e. The number of nitrogens with one attached hydrogen (secondary N) is 1. The van der Waals surface area contributed by atoms with Gasteiger partial charge in [-0.15, -0.1) is 0 Å². The van der Waals surface area contributed by atoms with Crippen LogP contribution in [0.4, 0.5) is 17.6 Å². The molecule has 108 valence electrons. The van der Waals surface area contributed by atoms with E-state index in [1.807, 2.05) is 43.8 Å². The highest BCUT2D eigenvalue weighted by Gasteiger charge is 2.20. The molecular weight excluding hydrogens is 365 g/mol. The quantitative estimate of drug-likeness (QED) is 0.532. The van der Waals surface area contributed by atoms with E-state index < -0.39 is 0 Å². The fourth-order valence-electron chi connectivity index (χ4n) is 1.96. The molecule has 0 saturated carbocycles. The van der Waals surface area contributed by atoms with Crippen LogP contribution in [-0.4, -0.2) is 23.6 Å². The normalized spacial score (nSPS) is 9.80. The third-order valence-corrected chi connectivity index (χ3v) is 3.12. The lowest BCUT2D eigenvalue weighted by Crippen LogP contribution is -3.00. The molecule has 1 aromatic carbocycles. The molecule has 0 amide bonds. The predicted molar refractivity (Wildman–Crippen MR) is 76.6 cm³/mol. The number of hydrogen-bond donors (Lipinski definition) is 1. The number of aromatic nitrogens is 3. The zero-order valence-electron chi connectivity index (χ0n) is 12.3. The van der Waals surface area contributed by atoms with Gasteiger partial charge in [-0.25, -0.2) is 4.57 Å². The zero-order valence-corrected chi connectivity index (χ0v) is 14.4. The van der Waals surface area contributed by atoms with E-state index in [1.54, 1.807) is 0 Å². The maximum Gasteiger partial charge on any atom is 0.351 e. The average molecular weight is 385 g/mol. The molecule has 5 nitrogen and oxygen atoms in total. The Morgan fingerprint density at radius 2 is 1.85 bits per heavy atom. The van der Waals surface area contributed by atoms with E-state index in [-0.39, 0.29) is 24.0 Å². The maximum atomic E-state index is 4.57. The van der Waals surface area contributed by atoms with Crippen LogP contribution in [0, 0.1) is 6.92 Å². The molecule has 0 aliphatic carbocycles. The van der Waals surface area contributed by atoms with Gasteiger partial charge in [0.25, 0.3) is 0 Å². The summed E-state index contributed by atoms with van der Waals surface area (Å²) in [6.45, 7) is 4.89. The van der Waals surface area contributed by atoms with Crippen LogP contribution in [0.2, 0.25) is 0 Å². The summed E-state index contributed by atoms with van der Waals surface area (Å²) >= 11 is 0. The highest BCUT2D eigenvalue weighted by atomic mass is 127. The standard InChI is InChI=1S/C14H19N5.HI/c1-5-19(12-9-7-6-8-10-12)14-16-11(2)18(4)13(15-3)17-14;/h6-10H,5H2,1-4H3;1H. The number of nitrogens with zero attached hydrogens (tertiary/aromatic N) is 4. The highest BCUT2D eigenvalue weighted by Crippen LogP contribution is 2.21. The van der Waals surface area contributed by atoms with E-state index in [9.17, 15) is 0 Å². The number of benzene rings is 1. The van der Waals surface area contributed by atoms with Crippen molar-refractivity contribution in [3.05, 3.63) is 36.2 Å². The summed E-state index contributed by atoms with van der Waals surface area (Å²) in [5, 5.41) is 3.09. The van der Waals surface area contributed by atoms with Crippen LogP contribution in [0.25, 0.3) is 0 Å². The first kappa shape index (κ1) is 16.6. The fourth-order valence-corrected chi connectivity index (χ4v) is 1.96. The molecule has 0 aliphatic heterocycles. The van der Waals surface area contributed by atoms with Crippen LogP contribution >= 0.6 is 0 Å². The number of halogens is 1. The summed E-state index contributed by atoms with van der Waals surface area (Å²) < 4.78 is 1.93. The second-order valence-corrected chi connectivity index (χ2v) is 4.28. The van der Waals surface area contributed by atoms with Gasteiger partial charge in [0.05, 0.1) is 7.05 Å². The van der Waals surface area contributed by atoms with Gasteiger partial charge >= 0.3 is 11.9 Å². The Bertz CT molecular complexity index is 559. The predicted octanol–water partition coefficient (Wildman–Crippen LogP) is -1.19. The molecule has 0 spiro atoms. The molecule has 2 aromatic rings. The molecule has 0 aliphatic rings. The largest absolute Gasteiger partial charge is 1.00 e.